The molecule has 56 nitrogen and oxygen atoms in total. The SMILES string of the molecule is COS(=O)(=O)[O-].O=S(=O)([O-])OC[C@H](O)C[S+]1C[C@@H](O)[C@H](O)[C@H]1CO.O=S(=O)([O-])O[C@@H](CO)[C@H](O)C[S+]1C[C@@H](O)[C@H](O)[C@H]1CO.O=S(=O)([O-])O[C@@H]([C@H](O)[C@@H](O)CO)[C@H](O)C[S+]1C[C@@H](O)[C@H](O)[C@H]1CO.O=S(=O)([O-])O[C@@H]([C@H](O)[C@H](O)[C@@H](O)CO)[C@H](O)C[S+]1C[C@@H](O)[C@H](O)[C@H]1CO.O=S(=O)([O-])O[C@@H]([C@H](O)[C@H](O)[C@@H](O)CO)[C@H](O)C[S+]1C[C@@H](O)[C@H](O)[C@H]1CO. The van der Waals surface area contributed by atoms with Crippen LogP contribution in [0.2, 0.25) is 0 Å². The van der Waals surface area contributed by atoms with E-state index in [9.17, 15) is 211 Å². The summed E-state index contributed by atoms with van der Waals surface area (Å²) < 4.78 is 211. The number of hydrogen-bond donors (Lipinski definition) is 32. The van der Waals surface area contributed by atoms with E-state index in [4.69, 9.17) is 30.6 Å². The molecule has 0 radical (unpaired) electrons. The molecule has 0 aromatic rings. The van der Waals surface area contributed by atoms with Crippen molar-refractivity contribution in [3.05, 3.63) is 0 Å². The van der Waals surface area contributed by atoms with Gasteiger partial charge in [0.05, 0.1) is 73.2 Å². The molecule has 67 heteroatoms. The van der Waals surface area contributed by atoms with Crippen LogP contribution in [0.4, 0.5) is 0 Å². The zero-order valence-corrected chi connectivity index (χ0v) is 71.2. The van der Waals surface area contributed by atoms with Crippen LogP contribution in [-0.2, 0) is 142 Å². The first kappa shape index (κ1) is 120. The molecule has 0 amide bonds. The highest BCUT2D eigenvalue weighted by Gasteiger charge is 2.57. The maximum atomic E-state index is 10.9. The summed E-state index contributed by atoms with van der Waals surface area (Å²) in [5.74, 6) is -0.824. The minimum absolute atomic E-state index is 0.0128. The van der Waals surface area contributed by atoms with Crippen molar-refractivity contribution in [1.29, 1.82) is 0 Å². The Morgan fingerprint density at radius 1 is 0.292 bits per heavy atom. The molecule has 5 aliphatic rings. The van der Waals surface area contributed by atoms with Crippen molar-refractivity contribution >= 4 is 117 Å². The molecule has 0 bridgehead atoms. The van der Waals surface area contributed by atoms with Crippen LogP contribution in [0.5, 0.6) is 0 Å². The molecule has 5 heterocycles. The molecule has 5 fully saturated rings. The maximum absolute atomic E-state index is 10.9. The summed E-state index contributed by atoms with van der Waals surface area (Å²) in [4.78, 5) is 0. The van der Waals surface area contributed by atoms with Gasteiger partial charge in [-0.2, -0.15) is 0 Å². The molecule has 5 saturated heterocycles. The van der Waals surface area contributed by atoms with Crippen molar-refractivity contribution in [1.82, 2.24) is 0 Å². The number of hydrogen-bond acceptors (Lipinski definition) is 56. The van der Waals surface area contributed by atoms with Gasteiger partial charge in [-0.1, -0.05) is 0 Å². The fourth-order valence-corrected chi connectivity index (χ4v) is 27.1. The molecule has 5 rings (SSSR count). The minimum Gasteiger partial charge on any atom is -0.726 e. The van der Waals surface area contributed by atoms with Crippen molar-refractivity contribution < 1.29 is 266 Å². The van der Waals surface area contributed by atoms with Crippen LogP contribution < -0.4 is 0 Å². The Bertz CT molecular complexity index is 3470. The van der Waals surface area contributed by atoms with Crippen molar-refractivity contribution in [2.45, 2.75) is 191 Å². The van der Waals surface area contributed by atoms with Crippen LogP contribution in [0, 0.1) is 0 Å². The molecule has 37 atom stereocenters. The van der Waals surface area contributed by atoms with Gasteiger partial charge in [0.2, 0.25) is 62.4 Å². The van der Waals surface area contributed by atoms with Gasteiger partial charge in [-0.15, -0.1) is 0 Å². The third kappa shape index (κ3) is 42.3. The Balaban J connectivity index is 0.00000146. The first-order valence-corrected chi connectivity index (χ1v) is 50.1. The third-order valence-electron chi connectivity index (χ3n) is 17.5. The number of rotatable bonds is 43. The fraction of sp³-hybridized carbons (Fsp3) is 1.00. The first-order valence-electron chi connectivity index (χ1n) is 34.0. The highest BCUT2D eigenvalue weighted by Crippen LogP contribution is 2.32. The van der Waals surface area contributed by atoms with Crippen LogP contribution in [0.1, 0.15) is 0 Å². The molecule has 120 heavy (non-hydrogen) atoms. The lowest BCUT2D eigenvalue weighted by Gasteiger charge is -2.31. The van der Waals surface area contributed by atoms with Crippen molar-refractivity contribution in [2.75, 3.05) is 131 Å². The topological polar surface area (TPSA) is 1050 Å². The van der Waals surface area contributed by atoms with Crippen molar-refractivity contribution in [3.63, 3.8) is 0 Å². The van der Waals surface area contributed by atoms with Gasteiger partial charge in [-0.3, -0.25) is 25.1 Å². The van der Waals surface area contributed by atoms with Crippen LogP contribution in [0.25, 0.3) is 0 Å². The Labute approximate surface area is 700 Å². The minimum atomic E-state index is -5.42. The summed E-state index contributed by atoms with van der Waals surface area (Å²) in [5.41, 5.74) is 0. The standard InChI is InChI=1S/2C12H24O12S2.C11H22O11S2.C9H18O9S2.C8H16O8S2.CH4O4S/c2*13-1-5(15)10(19)11(20)12(24-26(21,22)23)7(17)4-25-3-6(16)9(18)8(25)2-14;12-1-5(14)10(18)11(22-24(19,20)21)7(16)4-23-3-6(15)9(17)8(23)2-13;10-1-7(18-20(15,16)17)5(12)3-19-4-6(13)9(14)8(19)2-11;9-1-7-8(12)6(11)4-17(7)3-5(10)2-16-18(13,14)15;1-5-6(2,3)4/h2*5-20H,1-4H2;5-18H,1-4H2;5-14H,1-4H2;5-12H,1-4H2;1H3,(H,2,3,4)/p-1/t2*5-,6+,7+,8+,9-,10+,11+,12+,25?;5-,6+,7+,8+,9-,10+,11+,23?;5-,6-,7+,8-,9+,19?;5-,6+,7+,8-,17?;/m00010./s1. The molecule has 722 valence electrons. The fourth-order valence-electron chi connectivity index (χ4n) is 11.4. The van der Waals surface area contributed by atoms with E-state index < -0.39 is 367 Å². The van der Waals surface area contributed by atoms with E-state index >= 15 is 0 Å². The second-order valence-electron chi connectivity index (χ2n) is 26.3. The Kier molecular flexibility index (Phi) is 55.0. The van der Waals surface area contributed by atoms with Gasteiger partial charge in [0.15, 0.2) is 26.2 Å². The van der Waals surface area contributed by atoms with Crippen LogP contribution >= 0.6 is 0 Å². The van der Waals surface area contributed by atoms with E-state index in [0.717, 1.165) is 7.11 Å². The molecule has 32 N–H and O–H groups in total. The highest BCUT2D eigenvalue weighted by molar-refractivity contribution is 7.99. The molecule has 5 aliphatic heterocycles. The predicted molar refractivity (Wildman–Crippen MR) is 397 cm³/mol. The Morgan fingerprint density at radius 3 is 0.708 bits per heavy atom. The van der Waals surface area contributed by atoms with Gasteiger partial charge in [-0.05, 0) is 0 Å². The van der Waals surface area contributed by atoms with E-state index in [1.807, 2.05) is 0 Å². The summed E-state index contributed by atoms with van der Waals surface area (Å²) >= 11 is 0. The number of aliphatic hydroxyl groups excluding tert-OH is 32. The summed E-state index contributed by atoms with van der Waals surface area (Å²) in [6.45, 7) is -6.83. The van der Waals surface area contributed by atoms with E-state index in [-0.39, 0.29) is 64.1 Å². The number of aliphatic hydroxyl groups is 32. The molecule has 0 aromatic heterocycles. The Morgan fingerprint density at radius 2 is 0.508 bits per heavy atom. The van der Waals surface area contributed by atoms with Gasteiger partial charge in [0, 0.05) is 54.5 Å². The van der Waals surface area contributed by atoms with E-state index in [2.05, 4.69) is 25.1 Å². The smallest absolute Gasteiger partial charge is 0.218 e. The molecular weight excluding hydrogens is 1890 g/mol. The molecular formula is C53H107O56S11-. The van der Waals surface area contributed by atoms with Crippen molar-refractivity contribution in [3.8, 4) is 0 Å². The van der Waals surface area contributed by atoms with Crippen molar-refractivity contribution in [2.24, 2.45) is 0 Å². The lowest BCUT2D eigenvalue weighted by atomic mass is 10.0. The highest BCUT2D eigenvalue weighted by atomic mass is 32.3. The largest absolute Gasteiger partial charge is 0.726 e. The summed E-state index contributed by atoms with van der Waals surface area (Å²) in [6.07, 6.45) is -44.3. The monoisotopic (exact) mass is 1990 g/mol. The average Bonchev–Trinajstić information content (AvgIpc) is 1.63. The third-order valence-corrected chi connectivity index (χ3v) is 34.4. The van der Waals surface area contributed by atoms with Gasteiger partial charge in [-0.25, -0.2) is 50.5 Å². The molecule has 5 unspecified atom stereocenters. The molecule has 0 spiro atoms. The zero-order chi connectivity index (χ0) is 93.7. The second kappa shape index (κ2) is 55.1. The first-order chi connectivity index (χ1) is 54.9. The molecule has 0 aromatic carbocycles. The van der Waals surface area contributed by atoms with E-state index in [1.54, 1.807) is 0 Å². The zero-order valence-electron chi connectivity index (χ0n) is 62.2. The average molecular weight is 1990 g/mol. The van der Waals surface area contributed by atoms with Crippen LogP contribution in [0.3, 0.4) is 0 Å². The molecule has 0 aliphatic carbocycles. The Hall–Kier alpha value is -0.310. The summed E-state index contributed by atoms with van der Waals surface area (Å²) in [6, 6.07) is 0. The summed E-state index contributed by atoms with van der Waals surface area (Å²) in [5, 5.41) is 301. The molecule has 0 saturated carbocycles. The second-order valence-corrected chi connectivity index (χ2v) is 44.2. The normalized spacial score (nSPS) is 32.3. The quantitative estimate of drug-likeness (QED) is 0.0153. The van der Waals surface area contributed by atoms with Gasteiger partial charge < -0.3 is 191 Å². The van der Waals surface area contributed by atoms with Gasteiger partial charge in [0.25, 0.3) is 0 Å². The lowest BCUT2D eigenvalue weighted by Crippen LogP contribution is -2.53. The van der Waals surface area contributed by atoms with E-state index in [0.29, 0.717) is 0 Å². The van der Waals surface area contributed by atoms with Gasteiger partial charge in [0.1, 0.15) is 222 Å². The predicted octanol–water partition coefficient (Wildman–Crippen LogP) is -25.9. The van der Waals surface area contributed by atoms with Crippen LogP contribution in [0.15, 0.2) is 0 Å². The van der Waals surface area contributed by atoms with Gasteiger partial charge >= 0.3 is 0 Å². The maximum Gasteiger partial charge on any atom is 0.218 e. The van der Waals surface area contributed by atoms with Crippen LogP contribution in [-0.4, -0.2) is 563 Å². The summed E-state index contributed by atoms with van der Waals surface area (Å²) in [7, 11) is -34.2. The lowest BCUT2D eigenvalue weighted by molar-refractivity contribution is -0.129. The van der Waals surface area contributed by atoms with E-state index in [1.165, 1.54) is 0 Å².